The second-order valence-electron chi connectivity index (χ2n) is 5.91. The number of nitrogens with two attached hydrogens (primary N) is 1. The Kier molecular flexibility index (Phi) is 7.65. The molecule has 2 rings (SSSR count). The Labute approximate surface area is 144 Å². The number of amides is 1. The monoisotopic (exact) mass is 342 g/mol. The molecule has 5 nitrogen and oxygen atoms in total. The Morgan fingerprint density at radius 3 is 2.43 bits per heavy atom. The molecule has 0 aliphatic heterocycles. The molecule has 0 saturated heterocycles. The highest BCUT2D eigenvalue weighted by Crippen LogP contribution is 2.28. The summed E-state index contributed by atoms with van der Waals surface area (Å²) < 4.78 is 10.5. The summed E-state index contributed by atoms with van der Waals surface area (Å²) in [5.41, 5.74) is 6.64. The molecule has 0 atom stereocenters. The zero-order valence-corrected chi connectivity index (χ0v) is 14.7. The maximum atomic E-state index is 12.3. The van der Waals surface area contributed by atoms with E-state index in [1.807, 2.05) is 18.2 Å². The largest absolute Gasteiger partial charge is 0.493 e. The molecule has 0 radical (unpaired) electrons. The average molecular weight is 343 g/mol. The van der Waals surface area contributed by atoms with Crippen LogP contribution in [0.25, 0.3) is 0 Å². The van der Waals surface area contributed by atoms with Crippen molar-refractivity contribution in [2.75, 3.05) is 20.8 Å². The molecule has 1 saturated carbocycles. The van der Waals surface area contributed by atoms with Crippen LogP contribution in [-0.4, -0.2) is 32.2 Å². The van der Waals surface area contributed by atoms with Gasteiger partial charge in [-0.15, -0.1) is 12.4 Å². The lowest BCUT2D eigenvalue weighted by Gasteiger charge is -2.31. The average Bonchev–Trinajstić information content (AvgIpc) is 2.55. The third kappa shape index (κ3) is 5.01. The van der Waals surface area contributed by atoms with Crippen LogP contribution in [0.5, 0.6) is 11.5 Å². The third-order valence-corrected chi connectivity index (χ3v) is 4.35. The molecule has 1 aliphatic rings. The molecule has 0 heterocycles. The van der Waals surface area contributed by atoms with Crippen LogP contribution in [0.1, 0.15) is 37.7 Å². The molecule has 1 aromatic rings. The molecular formula is C17H27ClN2O3. The van der Waals surface area contributed by atoms with Crippen molar-refractivity contribution in [3.05, 3.63) is 23.8 Å². The van der Waals surface area contributed by atoms with Crippen LogP contribution in [0.4, 0.5) is 0 Å². The van der Waals surface area contributed by atoms with E-state index in [1.165, 1.54) is 6.42 Å². The van der Waals surface area contributed by atoms with Crippen molar-refractivity contribution < 1.29 is 14.3 Å². The molecule has 0 bridgehead atoms. The van der Waals surface area contributed by atoms with Gasteiger partial charge in [-0.2, -0.15) is 0 Å². The number of benzene rings is 1. The maximum absolute atomic E-state index is 12.3. The van der Waals surface area contributed by atoms with E-state index in [1.54, 1.807) is 14.2 Å². The quantitative estimate of drug-likeness (QED) is 0.832. The molecule has 1 fully saturated rings. The summed E-state index contributed by atoms with van der Waals surface area (Å²) in [6.45, 7) is 0.577. The third-order valence-electron chi connectivity index (χ3n) is 4.35. The second kappa shape index (κ2) is 8.99. The van der Waals surface area contributed by atoms with E-state index in [0.29, 0.717) is 18.0 Å². The molecule has 130 valence electrons. The molecule has 0 unspecified atom stereocenters. The van der Waals surface area contributed by atoms with Crippen LogP contribution in [-0.2, 0) is 11.2 Å². The Hall–Kier alpha value is -1.46. The van der Waals surface area contributed by atoms with Crippen LogP contribution in [0.3, 0.4) is 0 Å². The van der Waals surface area contributed by atoms with Crippen LogP contribution in [0.15, 0.2) is 18.2 Å². The number of hydrogen-bond acceptors (Lipinski definition) is 4. The highest BCUT2D eigenvalue weighted by molar-refractivity contribution is 5.86. The van der Waals surface area contributed by atoms with Gasteiger partial charge in [-0.05, 0) is 37.0 Å². The maximum Gasteiger partial charge on any atom is 0.240 e. The number of carbonyl (C=O) groups is 1. The van der Waals surface area contributed by atoms with Crippen molar-refractivity contribution in [2.45, 2.75) is 44.1 Å². The molecule has 1 aromatic carbocycles. The Balaban J connectivity index is 0.00000264. The van der Waals surface area contributed by atoms with Crippen LogP contribution in [0, 0.1) is 0 Å². The SMILES string of the molecule is COc1ccc(CCNC(=O)C2(N)CCCCC2)cc1OC.Cl. The molecular weight excluding hydrogens is 316 g/mol. The first kappa shape index (κ1) is 19.6. The Morgan fingerprint density at radius 1 is 1.17 bits per heavy atom. The first-order chi connectivity index (χ1) is 10.6. The number of carbonyl (C=O) groups excluding carboxylic acids is 1. The fourth-order valence-corrected chi connectivity index (χ4v) is 2.94. The zero-order chi connectivity index (χ0) is 16.0. The molecule has 23 heavy (non-hydrogen) atoms. The lowest BCUT2D eigenvalue weighted by molar-refractivity contribution is -0.127. The summed E-state index contributed by atoms with van der Waals surface area (Å²) in [5, 5.41) is 2.97. The van der Waals surface area contributed by atoms with Gasteiger partial charge in [-0.25, -0.2) is 0 Å². The van der Waals surface area contributed by atoms with E-state index in [4.69, 9.17) is 15.2 Å². The summed E-state index contributed by atoms with van der Waals surface area (Å²) in [5.74, 6) is 1.39. The van der Waals surface area contributed by atoms with Gasteiger partial charge in [0.1, 0.15) is 0 Å². The van der Waals surface area contributed by atoms with Crippen LogP contribution in [0.2, 0.25) is 0 Å². The zero-order valence-electron chi connectivity index (χ0n) is 13.9. The lowest BCUT2D eigenvalue weighted by atomic mass is 9.82. The van der Waals surface area contributed by atoms with Gasteiger partial charge in [-0.3, -0.25) is 4.79 Å². The van der Waals surface area contributed by atoms with Gasteiger partial charge in [-0.1, -0.05) is 25.3 Å². The van der Waals surface area contributed by atoms with Crippen LogP contribution >= 0.6 is 12.4 Å². The van der Waals surface area contributed by atoms with Crippen molar-refractivity contribution >= 4 is 18.3 Å². The van der Waals surface area contributed by atoms with Gasteiger partial charge < -0.3 is 20.5 Å². The minimum Gasteiger partial charge on any atom is -0.493 e. The number of ether oxygens (including phenoxy) is 2. The molecule has 1 aliphatic carbocycles. The summed E-state index contributed by atoms with van der Waals surface area (Å²) >= 11 is 0. The van der Waals surface area contributed by atoms with Crippen LogP contribution < -0.4 is 20.5 Å². The normalized spacial score (nSPS) is 16.1. The first-order valence-corrected chi connectivity index (χ1v) is 7.87. The van der Waals surface area contributed by atoms with Gasteiger partial charge >= 0.3 is 0 Å². The number of hydrogen-bond donors (Lipinski definition) is 2. The molecule has 0 aromatic heterocycles. The number of methoxy groups -OCH3 is 2. The summed E-state index contributed by atoms with van der Waals surface area (Å²) in [7, 11) is 3.23. The summed E-state index contributed by atoms with van der Waals surface area (Å²) in [6, 6.07) is 5.79. The fourth-order valence-electron chi connectivity index (χ4n) is 2.94. The van der Waals surface area contributed by atoms with Gasteiger partial charge in [0.05, 0.1) is 19.8 Å². The minimum absolute atomic E-state index is 0. The number of nitrogens with one attached hydrogen (secondary N) is 1. The Morgan fingerprint density at radius 2 is 1.83 bits per heavy atom. The fraction of sp³-hybridized carbons (Fsp3) is 0.588. The van der Waals surface area contributed by atoms with E-state index < -0.39 is 5.54 Å². The molecule has 3 N–H and O–H groups in total. The Bertz CT molecular complexity index is 517. The number of rotatable bonds is 6. The smallest absolute Gasteiger partial charge is 0.240 e. The second-order valence-corrected chi connectivity index (χ2v) is 5.91. The van der Waals surface area contributed by atoms with Crippen molar-refractivity contribution in [1.82, 2.24) is 5.32 Å². The van der Waals surface area contributed by atoms with E-state index in [0.717, 1.165) is 37.7 Å². The van der Waals surface area contributed by atoms with Gasteiger partial charge in [0, 0.05) is 6.54 Å². The summed E-state index contributed by atoms with van der Waals surface area (Å²) in [4.78, 5) is 12.3. The number of halogens is 1. The van der Waals surface area contributed by atoms with E-state index in [2.05, 4.69) is 5.32 Å². The van der Waals surface area contributed by atoms with Gasteiger partial charge in [0.2, 0.25) is 5.91 Å². The minimum atomic E-state index is -0.671. The standard InChI is InChI=1S/C17H26N2O3.ClH/c1-21-14-7-6-13(12-15(14)22-2)8-11-19-16(20)17(18)9-4-3-5-10-17;/h6-7,12H,3-5,8-11,18H2,1-2H3,(H,19,20);1H. The van der Waals surface area contributed by atoms with Crippen molar-refractivity contribution in [3.63, 3.8) is 0 Å². The molecule has 0 spiro atoms. The molecule has 6 heteroatoms. The predicted molar refractivity (Wildman–Crippen MR) is 93.5 cm³/mol. The van der Waals surface area contributed by atoms with Crippen molar-refractivity contribution in [2.24, 2.45) is 5.73 Å². The first-order valence-electron chi connectivity index (χ1n) is 7.87. The highest BCUT2D eigenvalue weighted by Gasteiger charge is 2.34. The van der Waals surface area contributed by atoms with Crippen molar-refractivity contribution in [1.29, 1.82) is 0 Å². The van der Waals surface area contributed by atoms with E-state index in [-0.39, 0.29) is 18.3 Å². The topological polar surface area (TPSA) is 73.6 Å². The predicted octanol–water partition coefficient (Wildman–Crippen LogP) is 2.45. The van der Waals surface area contributed by atoms with Crippen molar-refractivity contribution in [3.8, 4) is 11.5 Å². The molecule has 1 amide bonds. The van der Waals surface area contributed by atoms with Gasteiger partial charge in [0.25, 0.3) is 0 Å². The summed E-state index contributed by atoms with van der Waals surface area (Å²) in [6.07, 6.45) is 5.57. The van der Waals surface area contributed by atoms with Gasteiger partial charge in [0.15, 0.2) is 11.5 Å². The lowest BCUT2D eigenvalue weighted by Crippen LogP contribution is -2.55. The van der Waals surface area contributed by atoms with E-state index in [9.17, 15) is 4.79 Å². The highest BCUT2D eigenvalue weighted by atomic mass is 35.5. The van der Waals surface area contributed by atoms with E-state index >= 15 is 0 Å².